The van der Waals surface area contributed by atoms with Crippen molar-refractivity contribution in [3.63, 3.8) is 0 Å². The zero-order chi connectivity index (χ0) is 38.7. The molecule has 6 atom stereocenters. The van der Waals surface area contributed by atoms with Crippen molar-refractivity contribution >= 4 is 35.6 Å². The van der Waals surface area contributed by atoms with E-state index >= 15 is 0 Å². The Hall–Kier alpha value is -4.23. The first-order valence-corrected chi connectivity index (χ1v) is 20.6. The molecule has 0 aromatic heterocycles. The third-order valence-electron chi connectivity index (χ3n) is 11.7. The number of benzene rings is 3. The van der Waals surface area contributed by atoms with E-state index in [-0.39, 0.29) is 29.4 Å². The second-order valence-corrected chi connectivity index (χ2v) is 16.6. The first-order chi connectivity index (χ1) is 26.6. The highest BCUT2D eigenvalue weighted by atomic mass is 32.2. The Morgan fingerprint density at radius 3 is 1.35 bits per heavy atom. The number of thioether (sulfide) groups is 1. The minimum Gasteiger partial charge on any atom is -0.481 e. The van der Waals surface area contributed by atoms with E-state index in [4.69, 9.17) is 0 Å². The zero-order valence-corrected chi connectivity index (χ0v) is 32.1. The van der Waals surface area contributed by atoms with E-state index in [2.05, 4.69) is 16.0 Å². The van der Waals surface area contributed by atoms with E-state index in [1.807, 2.05) is 77.7 Å². The normalized spacial score (nSPS) is 21.2. The van der Waals surface area contributed by atoms with Gasteiger partial charge < -0.3 is 36.2 Å². The summed E-state index contributed by atoms with van der Waals surface area (Å²) in [5.41, 5.74) is 4.59. The average molecular weight is 771 g/mol. The number of rotatable bonds is 19. The lowest BCUT2D eigenvalue weighted by atomic mass is 9.86. The summed E-state index contributed by atoms with van der Waals surface area (Å²) in [5, 5.41) is 39.9. The second-order valence-electron chi connectivity index (χ2n) is 15.5. The van der Waals surface area contributed by atoms with E-state index in [1.54, 1.807) is 0 Å². The number of nitrogens with zero attached hydrogens (tertiary/aromatic N) is 1. The number of aliphatic carboxylic acids is 3. The number of hydrogen-bond acceptors (Lipinski definition) is 8. The van der Waals surface area contributed by atoms with E-state index in [0.717, 1.165) is 71.6 Å². The molecule has 6 N–H and O–H groups in total. The van der Waals surface area contributed by atoms with Crippen LogP contribution in [0.1, 0.15) is 47.1 Å². The van der Waals surface area contributed by atoms with Gasteiger partial charge in [0.2, 0.25) is 5.91 Å². The van der Waals surface area contributed by atoms with Crippen molar-refractivity contribution in [1.29, 1.82) is 0 Å². The third kappa shape index (κ3) is 11.4. The predicted molar refractivity (Wildman–Crippen MR) is 212 cm³/mol. The average Bonchev–Trinajstić information content (AvgIpc) is 4.00. The van der Waals surface area contributed by atoms with E-state index in [9.17, 15) is 34.5 Å². The number of amides is 1. The van der Waals surface area contributed by atoms with Crippen molar-refractivity contribution < 1.29 is 34.5 Å². The minimum atomic E-state index is -0.791. The van der Waals surface area contributed by atoms with Crippen LogP contribution in [0, 0.1) is 35.5 Å². The van der Waals surface area contributed by atoms with Gasteiger partial charge in [-0.1, -0.05) is 60.7 Å². The van der Waals surface area contributed by atoms with Gasteiger partial charge in [-0.3, -0.25) is 19.2 Å². The molecular formula is C43H54N4O7S. The fraction of sp³-hybridized carbons (Fsp3) is 0.488. The quantitative estimate of drug-likeness (QED) is 0.0946. The van der Waals surface area contributed by atoms with Gasteiger partial charge in [-0.25, -0.2) is 0 Å². The van der Waals surface area contributed by atoms with Crippen LogP contribution < -0.4 is 16.0 Å². The molecule has 12 heteroatoms. The van der Waals surface area contributed by atoms with E-state index < -0.39 is 35.7 Å². The Bertz CT molecular complexity index is 1710. The molecule has 55 heavy (non-hydrogen) atoms. The summed E-state index contributed by atoms with van der Waals surface area (Å²) in [5.74, 6) is -3.50. The maximum Gasteiger partial charge on any atom is 0.307 e. The number of carboxylic acid groups (broad SMARTS) is 3. The summed E-state index contributed by atoms with van der Waals surface area (Å²) >= 11 is 1.42. The molecule has 3 aromatic rings. The monoisotopic (exact) mass is 770 g/mol. The van der Waals surface area contributed by atoms with Gasteiger partial charge in [-0.2, -0.15) is 0 Å². The summed E-state index contributed by atoms with van der Waals surface area (Å²) in [4.78, 5) is 53.5. The number of carboxylic acids is 3. The molecule has 3 fully saturated rings. The van der Waals surface area contributed by atoms with Gasteiger partial charge in [-0.05, 0) is 135 Å². The van der Waals surface area contributed by atoms with Gasteiger partial charge in [0.25, 0.3) is 0 Å². The molecule has 6 rings (SSSR count). The Balaban J connectivity index is 1.18. The smallest absolute Gasteiger partial charge is 0.307 e. The van der Waals surface area contributed by atoms with Crippen LogP contribution in [0.25, 0.3) is 0 Å². The van der Waals surface area contributed by atoms with Crippen LogP contribution in [-0.2, 0) is 51.5 Å². The van der Waals surface area contributed by atoms with Gasteiger partial charge in [-0.15, -0.1) is 11.8 Å². The van der Waals surface area contributed by atoms with Crippen LogP contribution in [0.5, 0.6) is 0 Å². The third-order valence-corrected chi connectivity index (χ3v) is 12.6. The van der Waals surface area contributed by atoms with Crippen LogP contribution in [0.3, 0.4) is 0 Å². The molecule has 0 bridgehead atoms. The molecule has 3 aliphatic rings. The lowest BCUT2D eigenvalue weighted by Gasteiger charge is -2.25. The fourth-order valence-corrected chi connectivity index (χ4v) is 9.45. The number of hydrogen-bond donors (Lipinski definition) is 6. The lowest BCUT2D eigenvalue weighted by molar-refractivity contribution is -0.144. The molecule has 3 saturated heterocycles. The van der Waals surface area contributed by atoms with E-state index in [1.165, 1.54) is 11.8 Å². The fourth-order valence-electron chi connectivity index (χ4n) is 8.57. The zero-order valence-electron chi connectivity index (χ0n) is 31.3. The highest BCUT2D eigenvalue weighted by Crippen LogP contribution is 2.29. The molecule has 0 radical (unpaired) electrons. The number of nitrogens with one attached hydrogen (secondary N) is 3. The van der Waals surface area contributed by atoms with Crippen LogP contribution >= 0.6 is 11.8 Å². The van der Waals surface area contributed by atoms with Crippen molar-refractivity contribution in [2.45, 2.75) is 56.5 Å². The number of carbonyl (C=O) groups excluding carboxylic acids is 1. The standard InChI is InChI=1S/C43H54N4O7S/c48-40(27-55-36-9-3-6-30(18-36)21-39(43(53)54)35-12-15-46-24-35)47(25-31-7-1-4-28(16-31)19-37(41(49)50)33-10-13-44-22-33)26-32-8-2-5-29(17-32)20-38(42(51)52)34-11-14-45-23-34/h1-9,16-18,33-35,37-39,44-46H,10-15,19-27H2,(H,49,50)(H,51,52)(H,53,54). The van der Waals surface area contributed by atoms with Crippen LogP contribution in [0.4, 0.5) is 0 Å². The van der Waals surface area contributed by atoms with Crippen LogP contribution in [0.15, 0.2) is 77.7 Å². The van der Waals surface area contributed by atoms with Crippen LogP contribution in [0.2, 0.25) is 0 Å². The van der Waals surface area contributed by atoms with Gasteiger partial charge in [0, 0.05) is 18.0 Å². The SMILES string of the molecule is O=C(O)C(Cc1cccc(CN(Cc2cccc(CC(C(=O)O)C3CCNC3)c2)C(=O)CSc2cccc(CC(C(=O)O)C3CCNC3)c2)c1)C1CCNC1. The highest BCUT2D eigenvalue weighted by molar-refractivity contribution is 8.00. The number of carbonyl (C=O) groups is 4. The van der Waals surface area contributed by atoms with Crippen molar-refractivity contribution in [3.05, 3.63) is 101 Å². The topological polar surface area (TPSA) is 168 Å². The second kappa shape index (κ2) is 19.6. The van der Waals surface area contributed by atoms with Crippen molar-refractivity contribution in [2.24, 2.45) is 35.5 Å². The first-order valence-electron chi connectivity index (χ1n) is 19.6. The van der Waals surface area contributed by atoms with Crippen molar-refractivity contribution in [2.75, 3.05) is 45.0 Å². The lowest BCUT2D eigenvalue weighted by Crippen LogP contribution is -2.32. The molecule has 0 saturated carbocycles. The van der Waals surface area contributed by atoms with Gasteiger partial charge in [0.15, 0.2) is 0 Å². The van der Waals surface area contributed by atoms with Gasteiger partial charge in [0.1, 0.15) is 0 Å². The largest absolute Gasteiger partial charge is 0.481 e. The summed E-state index contributed by atoms with van der Waals surface area (Å²) in [6, 6.07) is 23.5. The molecule has 294 valence electrons. The maximum absolute atomic E-state index is 14.2. The summed E-state index contributed by atoms with van der Waals surface area (Å²) in [6.45, 7) is 5.22. The van der Waals surface area contributed by atoms with Gasteiger partial charge >= 0.3 is 17.9 Å². The van der Waals surface area contributed by atoms with Crippen molar-refractivity contribution in [3.8, 4) is 0 Å². The van der Waals surface area contributed by atoms with Gasteiger partial charge in [0.05, 0.1) is 23.5 Å². The summed E-state index contributed by atoms with van der Waals surface area (Å²) < 4.78 is 0. The predicted octanol–water partition coefficient (Wildman–Crippen LogP) is 4.57. The molecular weight excluding hydrogens is 717 g/mol. The Morgan fingerprint density at radius 2 is 0.964 bits per heavy atom. The van der Waals surface area contributed by atoms with Crippen molar-refractivity contribution in [1.82, 2.24) is 20.9 Å². The molecule has 3 aromatic carbocycles. The van der Waals surface area contributed by atoms with E-state index in [0.29, 0.717) is 52.0 Å². The Morgan fingerprint density at radius 1 is 0.582 bits per heavy atom. The molecule has 0 aliphatic carbocycles. The molecule has 3 aliphatic heterocycles. The molecule has 1 amide bonds. The first kappa shape index (κ1) is 40.4. The minimum absolute atomic E-state index is 0.0717. The Kier molecular flexibility index (Phi) is 14.4. The highest BCUT2D eigenvalue weighted by Gasteiger charge is 2.33. The molecule has 11 nitrogen and oxygen atoms in total. The van der Waals surface area contributed by atoms with Crippen LogP contribution in [-0.4, -0.2) is 89.1 Å². The Labute approximate surface area is 327 Å². The molecule has 0 spiro atoms. The summed E-state index contributed by atoms with van der Waals surface area (Å²) in [6.07, 6.45) is 3.78. The molecule has 3 heterocycles. The summed E-state index contributed by atoms with van der Waals surface area (Å²) in [7, 11) is 0. The maximum atomic E-state index is 14.2. The molecule has 6 unspecified atom stereocenters.